The van der Waals surface area contributed by atoms with E-state index in [1.165, 1.54) is 18.5 Å². The summed E-state index contributed by atoms with van der Waals surface area (Å²) >= 11 is 0. The summed E-state index contributed by atoms with van der Waals surface area (Å²) in [4.78, 5) is 3.38. The fraction of sp³-hybridized carbons (Fsp3) is 0.438. The number of benzene rings is 1. The molecule has 0 saturated heterocycles. The van der Waals surface area contributed by atoms with Gasteiger partial charge in [-0.15, -0.1) is 0 Å². The van der Waals surface area contributed by atoms with Crippen LogP contribution in [0.5, 0.6) is 0 Å². The summed E-state index contributed by atoms with van der Waals surface area (Å²) in [6.45, 7) is 1.28. The summed E-state index contributed by atoms with van der Waals surface area (Å²) in [5.74, 6) is -0.458. The van der Waals surface area contributed by atoms with E-state index in [1.54, 1.807) is 0 Å². The Hall–Kier alpha value is -2.04. The quantitative estimate of drug-likeness (QED) is 0.682. The van der Waals surface area contributed by atoms with Crippen LogP contribution < -0.4 is 0 Å². The van der Waals surface area contributed by atoms with Crippen molar-refractivity contribution in [2.24, 2.45) is 7.05 Å². The Morgan fingerprint density at radius 1 is 1.11 bits per heavy atom. The van der Waals surface area contributed by atoms with Crippen LogP contribution in [-0.2, 0) is 29.5 Å². The minimum Gasteiger partial charge on any atom is -0.331 e. The number of aryl methyl sites for hydroxylation is 1. The monoisotopic (exact) mass is 414 g/mol. The number of hydrogen-bond donors (Lipinski definition) is 0. The molecule has 27 heavy (non-hydrogen) atoms. The van der Waals surface area contributed by atoms with Gasteiger partial charge >= 0.3 is 12.4 Å². The van der Waals surface area contributed by atoms with Gasteiger partial charge in [0.25, 0.3) is 0 Å². The molecule has 1 heterocycles. The maximum absolute atomic E-state index is 13.0. The molecule has 0 fully saturated rings. The number of sulfone groups is 1. The summed E-state index contributed by atoms with van der Waals surface area (Å²) in [6.07, 6.45) is -9.45. The lowest BCUT2D eigenvalue weighted by molar-refractivity contribution is -0.137. The van der Waals surface area contributed by atoms with E-state index >= 15 is 0 Å². The molecule has 0 aliphatic heterocycles. The first-order valence-electron chi connectivity index (χ1n) is 7.78. The highest BCUT2D eigenvalue weighted by Gasteiger charge is 2.33. The van der Waals surface area contributed by atoms with Crippen molar-refractivity contribution < 1.29 is 34.8 Å². The van der Waals surface area contributed by atoms with Crippen molar-refractivity contribution in [3.05, 3.63) is 35.7 Å². The van der Waals surface area contributed by atoms with E-state index in [0.29, 0.717) is 12.1 Å². The highest BCUT2D eigenvalue weighted by Crippen LogP contribution is 2.35. The minimum atomic E-state index is -4.74. The summed E-state index contributed by atoms with van der Waals surface area (Å²) < 4.78 is 102. The Kier molecular flexibility index (Phi) is 5.65. The van der Waals surface area contributed by atoms with Crippen LogP contribution in [0.2, 0.25) is 0 Å². The zero-order valence-electron chi connectivity index (χ0n) is 14.3. The van der Waals surface area contributed by atoms with E-state index < -0.39 is 44.8 Å². The van der Waals surface area contributed by atoms with Crippen molar-refractivity contribution >= 4 is 9.84 Å². The second kappa shape index (κ2) is 7.17. The van der Waals surface area contributed by atoms with Crippen LogP contribution in [-0.4, -0.2) is 29.9 Å². The van der Waals surface area contributed by atoms with Gasteiger partial charge in [0.1, 0.15) is 5.82 Å². The molecule has 0 aliphatic rings. The Morgan fingerprint density at radius 2 is 1.74 bits per heavy atom. The smallest absolute Gasteiger partial charge is 0.331 e. The topological polar surface area (TPSA) is 52.0 Å². The predicted molar refractivity (Wildman–Crippen MR) is 85.7 cm³/mol. The molecule has 2 rings (SSSR count). The first-order chi connectivity index (χ1) is 12.3. The average Bonchev–Trinajstić information content (AvgIpc) is 2.91. The summed E-state index contributed by atoms with van der Waals surface area (Å²) in [7, 11) is -2.65. The molecule has 11 heteroatoms. The molecule has 0 amide bonds. The van der Waals surface area contributed by atoms with Gasteiger partial charge in [0, 0.05) is 30.9 Å². The molecule has 0 aliphatic carbocycles. The summed E-state index contributed by atoms with van der Waals surface area (Å²) in [6, 6.07) is 2.22. The summed E-state index contributed by atoms with van der Waals surface area (Å²) in [5.41, 5.74) is -1.04. The Labute approximate surface area is 151 Å². The van der Waals surface area contributed by atoms with Crippen LogP contribution in [0.4, 0.5) is 26.3 Å². The van der Waals surface area contributed by atoms with Gasteiger partial charge in [-0.3, -0.25) is 0 Å². The lowest BCUT2D eigenvalue weighted by atomic mass is 10.1. The van der Waals surface area contributed by atoms with Crippen molar-refractivity contribution in [1.82, 2.24) is 9.55 Å². The molecular formula is C16H16F6N2O2S. The molecule has 0 saturated carbocycles. The second-order valence-electron chi connectivity index (χ2n) is 5.86. The van der Waals surface area contributed by atoms with Crippen LogP contribution in [0.15, 0.2) is 29.3 Å². The van der Waals surface area contributed by atoms with Gasteiger partial charge in [-0.2, -0.15) is 26.3 Å². The number of aromatic nitrogens is 2. The van der Waals surface area contributed by atoms with Gasteiger partial charge in [-0.25, -0.2) is 13.4 Å². The molecule has 0 radical (unpaired) electrons. The molecule has 1 aromatic carbocycles. The number of rotatable bonds is 5. The van der Waals surface area contributed by atoms with Crippen molar-refractivity contribution in [3.8, 4) is 11.4 Å². The Balaban J connectivity index is 2.57. The fourth-order valence-corrected chi connectivity index (χ4v) is 3.61. The molecule has 0 unspecified atom stereocenters. The van der Waals surface area contributed by atoms with Crippen molar-refractivity contribution in [3.63, 3.8) is 0 Å². The first kappa shape index (κ1) is 21.3. The molecule has 0 atom stereocenters. The van der Waals surface area contributed by atoms with Crippen LogP contribution >= 0.6 is 0 Å². The van der Waals surface area contributed by atoms with E-state index in [0.717, 1.165) is 12.3 Å². The van der Waals surface area contributed by atoms with Crippen LogP contribution in [0.1, 0.15) is 24.6 Å². The fourth-order valence-electron chi connectivity index (χ4n) is 2.49. The normalized spacial score (nSPS) is 13.2. The molecule has 0 N–H and O–H groups in total. The van der Waals surface area contributed by atoms with Gasteiger partial charge in [0.2, 0.25) is 0 Å². The number of imidazole rings is 1. The number of nitrogens with zero attached hydrogens (tertiary/aromatic N) is 2. The van der Waals surface area contributed by atoms with Crippen molar-refractivity contribution in [2.75, 3.05) is 5.75 Å². The lowest BCUT2D eigenvalue weighted by Crippen LogP contribution is -2.12. The second-order valence-corrected chi connectivity index (χ2v) is 8.11. The molecule has 2 aromatic rings. The third-order valence-corrected chi connectivity index (χ3v) is 5.78. The molecule has 4 nitrogen and oxygen atoms in total. The number of halogens is 6. The maximum atomic E-state index is 13.0. The third kappa shape index (κ3) is 4.82. The maximum Gasteiger partial charge on any atom is 0.416 e. The standard InChI is InChI=1S/C16H16F6N2O2S/c1-3-27(25,26)13-8-10(16(20,21)22)4-5-12(13)14-23-9-11(24(14)2)6-7-15(17,18)19/h4-5,8-9H,3,6-7H2,1-2H3. The molecule has 150 valence electrons. The highest BCUT2D eigenvalue weighted by atomic mass is 32.2. The predicted octanol–water partition coefficient (Wildman–Crippen LogP) is 4.39. The van der Waals surface area contributed by atoms with Crippen LogP contribution in [0.25, 0.3) is 11.4 Å². The van der Waals surface area contributed by atoms with Gasteiger partial charge in [-0.05, 0) is 24.6 Å². The Morgan fingerprint density at radius 3 is 2.26 bits per heavy atom. The van der Waals surface area contributed by atoms with E-state index in [9.17, 15) is 34.8 Å². The van der Waals surface area contributed by atoms with Crippen LogP contribution in [0.3, 0.4) is 0 Å². The highest BCUT2D eigenvalue weighted by molar-refractivity contribution is 7.91. The summed E-state index contributed by atoms with van der Waals surface area (Å²) in [5, 5.41) is 0. The average molecular weight is 414 g/mol. The Bertz CT molecular complexity index is 929. The SMILES string of the molecule is CCS(=O)(=O)c1cc(C(F)(F)F)ccc1-c1ncc(CCC(F)(F)F)n1C. The third-order valence-electron chi connectivity index (χ3n) is 4.01. The van der Waals surface area contributed by atoms with Crippen molar-refractivity contribution in [1.29, 1.82) is 0 Å². The van der Waals surface area contributed by atoms with E-state index in [-0.39, 0.29) is 23.5 Å². The van der Waals surface area contributed by atoms with Crippen molar-refractivity contribution in [2.45, 2.75) is 37.0 Å². The van der Waals surface area contributed by atoms with Gasteiger partial charge in [-0.1, -0.05) is 6.92 Å². The zero-order valence-corrected chi connectivity index (χ0v) is 15.1. The van der Waals surface area contributed by atoms with Gasteiger partial charge in [0.05, 0.1) is 16.2 Å². The van der Waals surface area contributed by atoms with E-state index in [2.05, 4.69) is 4.98 Å². The molecule has 0 spiro atoms. The lowest BCUT2D eigenvalue weighted by Gasteiger charge is -2.14. The minimum absolute atomic E-state index is 0.0204. The zero-order chi connectivity index (χ0) is 20.6. The van der Waals surface area contributed by atoms with Gasteiger partial charge < -0.3 is 4.57 Å². The molecule has 0 bridgehead atoms. The number of alkyl halides is 6. The van der Waals surface area contributed by atoms with Gasteiger partial charge in [0.15, 0.2) is 9.84 Å². The largest absolute Gasteiger partial charge is 0.416 e. The van der Waals surface area contributed by atoms with E-state index in [1.807, 2.05) is 0 Å². The van der Waals surface area contributed by atoms with E-state index in [4.69, 9.17) is 0 Å². The molecule has 1 aromatic heterocycles. The number of hydrogen-bond acceptors (Lipinski definition) is 3. The van der Waals surface area contributed by atoms with Crippen LogP contribution in [0, 0.1) is 0 Å². The molecular weight excluding hydrogens is 398 g/mol. The first-order valence-corrected chi connectivity index (χ1v) is 9.43.